The van der Waals surface area contributed by atoms with Crippen molar-refractivity contribution in [3.8, 4) is 0 Å². The second-order valence-corrected chi connectivity index (χ2v) is 6.45. The SMILES string of the molecule is c1ccc([C@@H]2[C@H](c3ccccc3)N2C2CCCCC2)cc1. The van der Waals surface area contributed by atoms with Gasteiger partial charge >= 0.3 is 0 Å². The van der Waals surface area contributed by atoms with E-state index in [-0.39, 0.29) is 0 Å². The van der Waals surface area contributed by atoms with E-state index >= 15 is 0 Å². The largest absolute Gasteiger partial charge is 0.283 e. The van der Waals surface area contributed by atoms with Gasteiger partial charge in [-0.1, -0.05) is 79.9 Å². The van der Waals surface area contributed by atoms with Crippen LogP contribution in [0.5, 0.6) is 0 Å². The average molecular weight is 277 g/mol. The van der Waals surface area contributed by atoms with Gasteiger partial charge in [0.2, 0.25) is 0 Å². The Balaban J connectivity index is 1.63. The smallest absolute Gasteiger partial charge is 0.0555 e. The molecule has 21 heavy (non-hydrogen) atoms. The topological polar surface area (TPSA) is 3.01 Å². The second kappa shape index (κ2) is 5.65. The van der Waals surface area contributed by atoms with Crippen molar-refractivity contribution < 1.29 is 0 Å². The van der Waals surface area contributed by atoms with Crippen molar-refractivity contribution in [3.63, 3.8) is 0 Å². The standard InChI is InChI=1S/C20H23N/c1-4-10-16(11-5-1)19-20(17-12-6-2-7-13-17)21(19)18-14-8-3-9-15-18/h1-2,4-7,10-13,18-20H,3,8-9,14-15H2/t19-,20+,21?. The molecule has 108 valence electrons. The molecule has 2 fully saturated rings. The third-order valence-electron chi connectivity index (χ3n) is 5.13. The summed E-state index contributed by atoms with van der Waals surface area (Å²) < 4.78 is 0. The lowest BCUT2D eigenvalue weighted by atomic mass is 9.95. The molecule has 0 N–H and O–H groups in total. The van der Waals surface area contributed by atoms with Gasteiger partial charge in [0.25, 0.3) is 0 Å². The fourth-order valence-electron chi connectivity index (χ4n) is 4.09. The van der Waals surface area contributed by atoms with Gasteiger partial charge < -0.3 is 0 Å². The van der Waals surface area contributed by atoms with Crippen LogP contribution in [0.1, 0.15) is 55.3 Å². The van der Waals surface area contributed by atoms with Gasteiger partial charge in [-0.3, -0.25) is 4.90 Å². The van der Waals surface area contributed by atoms with Gasteiger partial charge in [0, 0.05) is 6.04 Å². The minimum absolute atomic E-state index is 0.594. The van der Waals surface area contributed by atoms with Gasteiger partial charge in [0.05, 0.1) is 12.1 Å². The van der Waals surface area contributed by atoms with Crippen molar-refractivity contribution >= 4 is 0 Å². The third kappa shape index (κ3) is 2.51. The molecule has 1 heteroatoms. The van der Waals surface area contributed by atoms with Crippen molar-refractivity contribution in [3.05, 3.63) is 71.8 Å². The lowest BCUT2D eigenvalue weighted by Gasteiger charge is -2.24. The van der Waals surface area contributed by atoms with E-state index < -0.39 is 0 Å². The highest BCUT2D eigenvalue weighted by Crippen LogP contribution is 2.57. The molecule has 1 heterocycles. The number of benzene rings is 2. The molecule has 1 aliphatic heterocycles. The Morgan fingerprint density at radius 3 is 1.57 bits per heavy atom. The van der Waals surface area contributed by atoms with Gasteiger partial charge in [-0.2, -0.15) is 0 Å². The molecule has 4 rings (SSSR count). The summed E-state index contributed by atoms with van der Waals surface area (Å²) in [5.74, 6) is 0. The molecule has 2 aromatic carbocycles. The zero-order chi connectivity index (χ0) is 14.1. The number of rotatable bonds is 3. The van der Waals surface area contributed by atoms with E-state index in [0.717, 1.165) is 6.04 Å². The molecule has 1 saturated heterocycles. The highest BCUT2D eigenvalue weighted by molar-refractivity contribution is 5.35. The first-order valence-electron chi connectivity index (χ1n) is 8.32. The lowest BCUT2D eigenvalue weighted by molar-refractivity contribution is 0.269. The number of hydrogen-bond donors (Lipinski definition) is 0. The first-order chi connectivity index (χ1) is 10.4. The zero-order valence-electron chi connectivity index (χ0n) is 12.5. The average Bonchev–Trinajstić information content (AvgIpc) is 3.33. The minimum atomic E-state index is 0.594. The summed E-state index contributed by atoms with van der Waals surface area (Å²) >= 11 is 0. The fraction of sp³-hybridized carbons (Fsp3) is 0.400. The summed E-state index contributed by atoms with van der Waals surface area (Å²) in [6, 6.07) is 24.1. The maximum Gasteiger partial charge on any atom is 0.0555 e. The third-order valence-corrected chi connectivity index (χ3v) is 5.13. The molecule has 1 saturated carbocycles. The first-order valence-corrected chi connectivity index (χ1v) is 8.32. The van der Waals surface area contributed by atoms with E-state index in [4.69, 9.17) is 0 Å². The quantitative estimate of drug-likeness (QED) is 0.704. The molecule has 0 amide bonds. The predicted octanol–water partition coefficient (Wildman–Crippen LogP) is 5.12. The van der Waals surface area contributed by atoms with Crippen LogP contribution in [0.25, 0.3) is 0 Å². The van der Waals surface area contributed by atoms with Crippen LogP contribution in [0.3, 0.4) is 0 Å². The normalized spacial score (nSPS) is 29.2. The van der Waals surface area contributed by atoms with Crippen molar-refractivity contribution in [1.29, 1.82) is 0 Å². The molecule has 0 radical (unpaired) electrons. The highest BCUT2D eigenvalue weighted by atomic mass is 15.4. The lowest BCUT2D eigenvalue weighted by Crippen LogP contribution is -2.22. The van der Waals surface area contributed by atoms with Gasteiger partial charge in [-0.25, -0.2) is 0 Å². The Bertz CT molecular complexity index is 526. The van der Waals surface area contributed by atoms with Crippen LogP contribution < -0.4 is 0 Å². The molecule has 2 aromatic rings. The van der Waals surface area contributed by atoms with E-state index in [1.54, 1.807) is 0 Å². The molecular weight excluding hydrogens is 254 g/mol. The monoisotopic (exact) mass is 277 g/mol. The minimum Gasteiger partial charge on any atom is -0.283 e. The fourth-order valence-corrected chi connectivity index (χ4v) is 4.09. The molecule has 1 unspecified atom stereocenters. The van der Waals surface area contributed by atoms with Crippen LogP contribution in [0.15, 0.2) is 60.7 Å². The predicted molar refractivity (Wildman–Crippen MR) is 87.1 cm³/mol. The van der Waals surface area contributed by atoms with Gasteiger partial charge in [-0.05, 0) is 24.0 Å². The van der Waals surface area contributed by atoms with E-state index in [9.17, 15) is 0 Å². The summed E-state index contributed by atoms with van der Waals surface area (Å²) in [5, 5.41) is 0. The Kier molecular flexibility index (Phi) is 3.52. The molecular formula is C20H23N. The summed E-state index contributed by atoms with van der Waals surface area (Å²) in [6.07, 6.45) is 7.00. The number of nitrogens with zero attached hydrogens (tertiary/aromatic N) is 1. The van der Waals surface area contributed by atoms with Crippen LogP contribution in [-0.4, -0.2) is 10.9 Å². The summed E-state index contributed by atoms with van der Waals surface area (Å²) in [4.78, 5) is 2.77. The summed E-state index contributed by atoms with van der Waals surface area (Å²) in [6.45, 7) is 0. The molecule has 0 bridgehead atoms. The Labute approximate surface area is 127 Å². The van der Waals surface area contributed by atoms with E-state index in [1.165, 1.54) is 43.2 Å². The van der Waals surface area contributed by atoms with Gasteiger partial charge in [0.15, 0.2) is 0 Å². The van der Waals surface area contributed by atoms with Crippen LogP contribution in [0, 0.1) is 0 Å². The maximum absolute atomic E-state index is 2.77. The van der Waals surface area contributed by atoms with Crippen LogP contribution >= 0.6 is 0 Å². The van der Waals surface area contributed by atoms with Crippen molar-refractivity contribution in [2.45, 2.75) is 50.2 Å². The molecule has 1 nitrogen and oxygen atoms in total. The summed E-state index contributed by atoms with van der Waals surface area (Å²) in [5.41, 5.74) is 2.97. The highest BCUT2D eigenvalue weighted by Gasteiger charge is 2.52. The molecule has 2 aliphatic rings. The van der Waals surface area contributed by atoms with E-state index in [2.05, 4.69) is 65.6 Å². The summed E-state index contributed by atoms with van der Waals surface area (Å²) in [7, 11) is 0. The van der Waals surface area contributed by atoms with E-state index in [1.807, 2.05) is 0 Å². The molecule has 0 spiro atoms. The Morgan fingerprint density at radius 1 is 0.619 bits per heavy atom. The molecule has 3 atom stereocenters. The van der Waals surface area contributed by atoms with Crippen LogP contribution in [0.4, 0.5) is 0 Å². The van der Waals surface area contributed by atoms with E-state index in [0.29, 0.717) is 12.1 Å². The van der Waals surface area contributed by atoms with Crippen molar-refractivity contribution in [2.24, 2.45) is 0 Å². The Morgan fingerprint density at radius 2 is 1.10 bits per heavy atom. The zero-order valence-corrected chi connectivity index (χ0v) is 12.5. The first kappa shape index (κ1) is 13.1. The van der Waals surface area contributed by atoms with Crippen LogP contribution in [-0.2, 0) is 0 Å². The molecule has 0 aromatic heterocycles. The van der Waals surface area contributed by atoms with Crippen molar-refractivity contribution in [2.75, 3.05) is 0 Å². The van der Waals surface area contributed by atoms with Gasteiger partial charge in [-0.15, -0.1) is 0 Å². The second-order valence-electron chi connectivity index (χ2n) is 6.45. The van der Waals surface area contributed by atoms with Crippen LogP contribution in [0.2, 0.25) is 0 Å². The van der Waals surface area contributed by atoms with Crippen molar-refractivity contribution in [1.82, 2.24) is 4.90 Å². The Hall–Kier alpha value is -1.60. The maximum atomic E-state index is 2.77. The van der Waals surface area contributed by atoms with Gasteiger partial charge in [0.1, 0.15) is 0 Å². The number of hydrogen-bond acceptors (Lipinski definition) is 1. The molecule has 1 aliphatic carbocycles.